The van der Waals surface area contributed by atoms with Gasteiger partial charge in [-0.25, -0.2) is 32.6 Å². The molecule has 21 atom stereocenters. The molecule has 0 bridgehead atoms. The van der Waals surface area contributed by atoms with Crippen molar-refractivity contribution in [3.63, 3.8) is 0 Å². The smallest absolute Gasteiger partial charge is 0.458 e. The van der Waals surface area contributed by atoms with Gasteiger partial charge in [0.25, 0.3) is 16.7 Å². The lowest BCUT2D eigenvalue weighted by atomic mass is 9.86. The summed E-state index contributed by atoms with van der Waals surface area (Å²) in [4.78, 5) is 205. The number of hydrogen-bond acceptors (Lipinski definition) is 36. The number of amides is 2. The van der Waals surface area contributed by atoms with E-state index in [0.717, 1.165) is 32.3 Å². The fourth-order valence-corrected chi connectivity index (χ4v) is 18.4. The third-order valence-corrected chi connectivity index (χ3v) is 24.1. The first-order valence-corrected chi connectivity index (χ1v) is 47.2. The van der Waals surface area contributed by atoms with Crippen molar-refractivity contribution < 1.29 is 172 Å². The molecule has 16 rings (SSSR count). The highest BCUT2D eigenvalue weighted by Crippen LogP contribution is 2.66. The number of nitrogens with zero attached hydrogens (tertiary/aromatic N) is 3. The molecule has 0 aromatic carbocycles. The van der Waals surface area contributed by atoms with Gasteiger partial charge in [-0.15, -0.1) is 0 Å². The predicted octanol–water partition coefficient (Wildman–Crippen LogP) is 2.95. The van der Waals surface area contributed by atoms with E-state index in [1.165, 1.54) is 84.3 Å². The molecule has 0 spiro atoms. The molecule has 3 saturated heterocycles. The lowest BCUT2D eigenvalue weighted by Crippen LogP contribution is -2.43. The summed E-state index contributed by atoms with van der Waals surface area (Å²) < 4.78 is 121. The molecule has 5 aliphatic heterocycles. The number of nitrogens with one attached hydrogen (secondary N) is 4. The fraction of sp³-hybridized carbons (Fsp3) is 0.557. The largest absolute Gasteiger partial charge is 0.488 e. The van der Waals surface area contributed by atoms with Crippen LogP contribution < -0.4 is 39.1 Å². The Morgan fingerprint density at radius 2 is 1.02 bits per heavy atom. The SMILES string of the molecule is C1=CC2OC2C1.C1=CCC=C1.CC(=O)OC(C)=O.CC(=O)OO.CC(=O)O[C@H]1C=C[C@@H](C)C1.CC(=O)O[C@H]1C=C[C@@H](O)C1.CC1(C)OC2=C(O1)[C@@H](O)C[C@H]2n1ccc(=O)[nH]c1=O.CC1(C)OC2C(O1)[C@@H](OCP(=O)(O)O)C[C@H]2C1C=CC(=O)NC1=O.CC1(C)OC2C(O1)[C@H](n1ccc(=O)[nH]c1=O)C[C@@H]2OCP(=O)(O)OP(=O)(O)OP(=O)(O)O.O=c1ccn([C@H]2C=C[C@@H](O)C2)c(=O)[nH]1. The van der Waals surface area contributed by atoms with E-state index in [9.17, 15) is 101 Å². The minimum Gasteiger partial charge on any atom is -0.458 e. The van der Waals surface area contributed by atoms with Gasteiger partial charge >= 0.3 is 77.8 Å². The van der Waals surface area contributed by atoms with Gasteiger partial charge in [-0.2, -0.15) is 9.57 Å². The van der Waals surface area contributed by atoms with Crippen LogP contribution in [0, 0.1) is 17.8 Å². The van der Waals surface area contributed by atoms with Crippen molar-refractivity contribution in [3.8, 4) is 0 Å². The Kier molecular flexibility index (Phi) is 39.4. The van der Waals surface area contributed by atoms with Crippen LogP contribution in [0.15, 0.2) is 162 Å². The number of aromatic nitrogens is 6. The van der Waals surface area contributed by atoms with Crippen LogP contribution in [0.1, 0.15) is 153 Å². The molecule has 2 saturated carbocycles. The lowest BCUT2D eigenvalue weighted by molar-refractivity contribution is -0.231. The Balaban J connectivity index is 0.000000213. The number of rotatable bonds is 16. The maximum absolute atomic E-state index is 12.2. The summed E-state index contributed by atoms with van der Waals surface area (Å²) in [5, 5.41) is 37.7. The fourth-order valence-electron chi connectivity index (χ4n) is 14.6. The second-order valence-corrected chi connectivity index (χ2v) is 38.6. The Hall–Kier alpha value is -9.59. The summed E-state index contributed by atoms with van der Waals surface area (Å²) in [5.41, 5.74) is -3.18. The summed E-state index contributed by atoms with van der Waals surface area (Å²) in [6.07, 6.45) is 28.4. The highest BCUT2D eigenvalue weighted by Gasteiger charge is 2.59. The highest BCUT2D eigenvalue weighted by molar-refractivity contribution is 7.68. The van der Waals surface area contributed by atoms with Crippen LogP contribution in [-0.4, -0.2) is 230 Å². The van der Waals surface area contributed by atoms with Gasteiger partial charge < -0.3 is 106 Å². The number of aliphatic hydroxyl groups excluding tert-OH is 3. The molecule has 732 valence electrons. The van der Waals surface area contributed by atoms with Gasteiger partial charge in [-0.1, -0.05) is 73.8 Å². The second kappa shape index (κ2) is 47.5. The number of carbonyl (C=O) groups is 7. The Bertz CT molecular complexity index is 5370. The molecule has 5 fully saturated rings. The van der Waals surface area contributed by atoms with Gasteiger partial charge in [-0.3, -0.25) is 86.3 Å². The molecular formula is C79H109N7O42P4. The average molecular weight is 1950 g/mol. The van der Waals surface area contributed by atoms with Gasteiger partial charge in [-0.05, 0) is 77.9 Å². The van der Waals surface area contributed by atoms with Crippen molar-refractivity contribution in [1.29, 1.82) is 0 Å². The highest BCUT2D eigenvalue weighted by atomic mass is 31.3. The van der Waals surface area contributed by atoms with Crippen molar-refractivity contribution in [2.45, 2.75) is 249 Å². The normalized spacial score (nSPS) is 29.4. The number of carbonyl (C=O) groups excluding carboxylic acids is 7. The maximum Gasteiger partial charge on any atom is 0.488 e. The van der Waals surface area contributed by atoms with Crippen molar-refractivity contribution in [2.24, 2.45) is 17.8 Å². The molecule has 0 radical (unpaired) electrons. The van der Waals surface area contributed by atoms with E-state index < -0.39 is 197 Å². The number of phosphoric acid groups is 2. The number of epoxide rings is 1. The Labute approximate surface area is 751 Å². The first-order valence-electron chi connectivity index (χ1n) is 40.6. The van der Waals surface area contributed by atoms with Crippen molar-refractivity contribution in [3.05, 3.63) is 196 Å². The van der Waals surface area contributed by atoms with Crippen LogP contribution in [0.5, 0.6) is 0 Å². The van der Waals surface area contributed by atoms with Gasteiger partial charge in [0.2, 0.25) is 17.6 Å². The zero-order valence-electron chi connectivity index (χ0n) is 73.3. The van der Waals surface area contributed by atoms with Crippen LogP contribution in [-0.2, 0) is 122 Å². The van der Waals surface area contributed by atoms with E-state index in [1.54, 1.807) is 65.8 Å². The third kappa shape index (κ3) is 36.0. The quantitative estimate of drug-likeness (QED) is 0.0113. The van der Waals surface area contributed by atoms with E-state index in [-0.39, 0.29) is 48.9 Å². The second-order valence-electron chi connectivity index (χ2n) is 32.2. The zero-order chi connectivity index (χ0) is 98.5. The number of esters is 4. The number of ether oxygens (including phenoxy) is 12. The molecular weight excluding hydrogens is 1840 g/mol. The van der Waals surface area contributed by atoms with Gasteiger partial charge in [0.1, 0.15) is 61.5 Å². The average Bonchev–Trinajstić information content (AvgIpc) is 1.61. The van der Waals surface area contributed by atoms with Gasteiger partial charge in [0, 0.05) is 117 Å². The number of aliphatic hydroxyl groups is 3. The first kappa shape index (κ1) is 109. The Morgan fingerprint density at radius 3 is 1.44 bits per heavy atom. The van der Waals surface area contributed by atoms with Crippen LogP contribution in [0.4, 0.5) is 0 Å². The topological polar surface area (TPSA) is 708 Å². The summed E-state index contributed by atoms with van der Waals surface area (Å²) >= 11 is 0. The summed E-state index contributed by atoms with van der Waals surface area (Å²) in [7, 11) is -20.5. The minimum atomic E-state index is -5.60. The van der Waals surface area contributed by atoms with Gasteiger partial charge in [0.05, 0.1) is 54.6 Å². The molecule has 3 aromatic rings. The third-order valence-electron chi connectivity index (χ3n) is 19.6. The number of aromatic amines is 3. The minimum absolute atomic E-state index is 0.0210. The van der Waals surface area contributed by atoms with Crippen molar-refractivity contribution >= 4 is 72.5 Å². The molecule has 13 aliphatic rings. The molecule has 8 heterocycles. The van der Waals surface area contributed by atoms with E-state index in [1.807, 2.05) is 6.08 Å². The summed E-state index contributed by atoms with van der Waals surface area (Å²) in [6, 6.07) is 2.36. The van der Waals surface area contributed by atoms with E-state index in [2.05, 4.69) is 88.0 Å². The van der Waals surface area contributed by atoms with Gasteiger partial charge in [0.15, 0.2) is 23.1 Å². The van der Waals surface area contributed by atoms with Crippen molar-refractivity contribution in [2.75, 3.05) is 12.7 Å². The van der Waals surface area contributed by atoms with Crippen LogP contribution in [0.25, 0.3) is 0 Å². The first-order chi connectivity index (χ1) is 61.3. The molecule has 53 heteroatoms. The number of imide groups is 1. The Morgan fingerprint density at radius 1 is 0.523 bits per heavy atom. The van der Waals surface area contributed by atoms with Crippen LogP contribution in [0.2, 0.25) is 0 Å². The number of allylic oxidation sites excluding steroid dienone is 7. The van der Waals surface area contributed by atoms with Crippen molar-refractivity contribution in [1.82, 2.24) is 34.0 Å². The zero-order valence-corrected chi connectivity index (χ0v) is 76.8. The van der Waals surface area contributed by atoms with E-state index in [0.29, 0.717) is 48.9 Å². The van der Waals surface area contributed by atoms with Crippen LogP contribution in [0.3, 0.4) is 0 Å². The monoisotopic (exact) mass is 1950 g/mol. The molecule has 9 unspecified atom stereocenters. The van der Waals surface area contributed by atoms with Crippen LogP contribution >= 0.6 is 30.8 Å². The molecule has 2 amide bonds. The molecule has 132 heavy (non-hydrogen) atoms. The van der Waals surface area contributed by atoms with E-state index >= 15 is 0 Å². The van der Waals surface area contributed by atoms with E-state index in [4.69, 9.17) is 82.0 Å². The predicted molar refractivity (Wildman–Crippen MR) is 452 cm³/mol. The summed E-state index contributed by atoms with van der Waals surface area (Å²) in [5.74, 6) is -5.56. The molecule has 14 N–H and O–H groups in total. The number of fused-ring (bicyclic) bond motifs is 3. The molecule has 49 nitrogen and oxygen atoms in total. The molecule has 3 aromatic heterocycles. The summed E-state index contributed by atoms with van der Waals surface area (Å²) in [6.45, 7) is 18.5. The lowest BCUT2D eigenvalue weighted by Gasteiger charge is -2.27. The number of H-pyrrole nitrogens is 3. The maximum atomic E-state index is 12.2. The number of hydrogen-bond donors (Lipinski definition) is 14. The molecule has 8 aliphatic carbocycles. The standard InChI is InChI=1S/C14H20NO8P.C13H21N2O14P3.C12H14N2O5.C9H10N2O3.C8H12O2.C7H10O3.C5H6O.C5H6.C4H6O3.C2H4O3/c1-14(2)22-11-8(7-3-4-10(16)15-13(7)17)5-9(12(11)23-14)21-6-24(18,19)20;1-13(2)26-10-7(15-4-3-9(16)14-12(15)17)5-8(11(10)27-13)25-6-30(18,19)28-32(23,24)29-31(20,21)22;1-12(2)18-9-6(5-7(15)10(9)19-12)14-4-3-8(16)13-11(14)17;12-7-2-1-6(5-7)11-4-3-8(13)10-9(11)14;1-6-3-4-8(5-6)10-7(2)9;1-5(8)10-7-3-2-6(9)4-7;1-2-4-5(3-1)6-4;1-2-4-5-3-1;1-3(5)7-4(2)6;1-2(3)5-4/h3-4,7-9,11-12H,5-6H2,1-2H3,(H,15,16,17)(H2,18,19,20);3-4,7-8,10-11H,5-6H2,1-2H3,(H,18,19)(H,23,24)(H,14,16,17)(H2,20,21,22);3-4,6-7,15H,5H2,1-2H3,(H,13,16,17);1-4,6-7,12H,5H2,(H,10,13,14);3-4,6,8H,5H2,1-2H3;2-3,6-7,9H,4H2,1H3;1-2,4-5H,3H2;1-4H,5H2;1-2H3;4H,1H3/t7?,8-,9-,11?,12?;7-,8+,10?,11?;2*6-,7+;6-,8+;6-,7+;;;;/m011011..../s1.